The van der Waals surface area contributed by atoms with Crippen LogP contribution in [-0.4, -0.2) is 4.98 Å². The number of thiophene rings is 1. The average Bonchev–Trinajstić information content (AvgIpc) is 2.44. The predicted octanol–water partition coefficient (Wildman–Crippen LogP) is 3.78. The first-order valence-electron chi connectivity index (χ1n) is 4.82. The molecule has 0 amide bonds. The van der Waals surface area contributed by atoms with Crippen molar-refractivity contribution in [1.29, 1.82) is 0 Å². The summed E-state index contributed by atoms with van der Waals surface area (Å²) < 4.78 is 2.16. The Bertz CT molecular complexity index is 568. The maximum absolute atomic E-state index is 11.7. The van der Waals surface area contributed by atoms with E-state index in [1.54, 1.807) is 11.3 Å². The lowest BCUT2D eigenvalue weighted by Crippen LogP contribution is -2.07. The zero-order valence-electron chi connectivity index (χ0n) is 8.85. The predicted molar refractivity (Wildman–Crippen MR) is 69.0 cm³/mol. The van der Waals surface area contributed by atoms with Crippen LogP contribution in [0, 0.1) is 6.92 Å². The molecule has 80 valence electrons. The van der Waals surface area contributed by atoms with Crippen LogP contribution in [0.25, 0.3) is 10.1 Å². The van der Waals surface area contributed by atoms with Crippen molar-refractivity contribution in [3.05, 3.63) is 31.5 Å². The summed E-state index contributed by atoms with van der Waals surface area (Å²) in [5, 5.41) is 0.832. The van der Waals surface area contributed by atoms with Gasteiger partial charge in [-0.15, -0.1) is 11.3 Å². The van der Waals surface area contributed by atoms with Gasteiger partial charge in [-0.1, -0.05) is 13.8 Å². The van der Waals surface area contributed by atoms with Crippen molar-refractivity contribution in [3.8, 4) is 0 Å². The molecule has 15 heavy (non-hydrogen) atoms. The highest BCUT2D eigenvalue weighted by Crippen LogP contribution is 2.36. The second-order valence-electron chi connectivity index (χ2n) is 3.93. The van der Waals surface area contributed by atoms with Gasteiger partial charge in [-0.3, -0.25) is 4.79 Å². The highest BCUT2D eigenvalue weighted by Gasteiger charge is 2.14. The molecule has 2 rings (SSSR count). The van der Waals surface area contributed by atoms with Crippen molar-refractivity contribution >= 4 is 37.4 Å². The Hall–Kier alpha value is -0.610. The second kappa shape index (κ2) is 3.76. The van der Waals surface area contributed by atoms with Crippen LogP contribution in [0.2, 0.25) is 0 Å². The van der Waals surface area contributed by atoms with Gasteiger partial charge in [0.1, 0.15) is 0 Å². The Morgan fingerprint density at radius 1 is 1.47 bits per heavy atom. The fourth-order valence-corrected chi connectivity index (χ4v) is 3.55. The summed E-state index contributed by atoms with van der Waals surface area (Å²) in [6.07, 6.45) is 1.83. The third-order valence-corrected chi connectivity index (χ3v) is 4.77. The van der Waals surface area contributed by atoms with Gasteiger partial charge in [0.25, 0.3) is 5.56 Å². The van der Waals surface area contributed by atoms with E-state index in [-0.39, 0.29) is 5.56 Å². The summed E-state index contributed by atoms with van der Waals surface area (Å²) >= 11 is 5.14. The first-order valence-corrected chi connectivity index (χ1v) is 6.43. The number of hydrogen-bond acceptors (Lipinski definition) is 2. The van der Waals surface area contributed by atoms with E-state index in [1.807, 2.05) is 13.1 Å². The van der Waals surface area contributed by atoms with Crippen molar-refractivity contribution in [2.75, 3.05) is 0 Å². The zero-order valence-corrected chi connectivity index (χ0v) is 11.3. The number of pyridine rings is 1. The quantitative estimate of drug-likeness (QED) is 0.850. The zero-order chi connectivity index (χ0) is 11.2. The monoisotopic (exact) mass is 285 g/mol. The first-order chi connectivity index (χ1) is 7.02. The maximum Gasteiger partial charge on any atom is 0.256 e. The van der Waals surface area contributed by atoms with Crippen LogP contribution in [0.5, 0.6) is 0 Å². The Labute approximate surface area is 100 Å². The maximum atomic E-state index is 11.7. The van der Waals surface area contributed by atoms with Crippen LogP contribution in [0.1, 0.15) is 30.9 Å². The number of halogens is 1. The number of nitrogens with one attached hydrogen (secondary N) is 1. The summed E-state index contributed by atoms with van der Waals surface area (Å²) in [5.74, 6) is 0.425. The minimum absolute atomic E-state index is 0.00819. The molecule has 0 aliphatic rings. The van der Waals surface area contributed by atoms with E-state index in [9.17, 15) is 4.79 Å². The average molecular weight is 286 g/mol. The molecule has 0 aliphatic carbocycles. The largest absolute Gasteiger partial charge is 0.328 e. The summed E-state index contributed by atoms with van der Waals surface area (Å²) in [5.41, 5.74) is 2.26. The molecule has 2 aromatic heterocycles. The number of hydrogen-bond donors (Lipinski definition) is 1. The molecular weight excluding hydrogens is 274 g/mol. The smallest absolute Gasteiger partial charge is 0.256 e. The molecule has 0 unspecified atom stereocenters. The lowest BCUT2D eigenvalue weighted by atomic mass is 10.0. The number of aromatic amines is 1. The van der Waals surface area contributed by atoms with Gasteiger partial charge < -0.3 is 4.98 Å². The molecule has 0 aromatic carbocycles. The fourth-order valence-electron chi connectivity index (χ4n) is 1.67. The molecule has 0 bridgehead atoms. The lowest BCUT2D eigenvalue weighted by Gasteiger charge is -2.05. The van der Waals surface area contributed by atoms with E-state index >= 15 is 0 Å². The van der Waals surface area contributed by atoms with Gasteiger partial charge in [0.05, 0.1) is 9.17 Å². The first kappa shape index (κ1) is 10.9. The lowest BCUT2D eigenvalue weighted by molar-refractivity contribution is 0.869. The minimum Gasteiger partial charge on any atom is -0.328 e. The normalized spacial score (nSPS) is 11.5. The van der Waals surface area contributed by atoms with E-state index in [1.165, 1.54) is 5.56 Å². The highest BCUT2D eigenvalue weighted by molar-refractivity contribution is 9.11. The van der Waals surface area contributed by atoms with Gasteiger partial charge in [0.2, 0.25) is 0 Å². The third-order valence-electron chi connectivity index (χ3n) is 2.56. The van der Waals surface area contributed by atoms with Crippen molar-refractivity contribution in [3.63, 3.8) is 0 Å². The molecule has 4 heteroatoms. The van der Waals surface area contributed by atoms with Crippen molar-refractivity contribution in [2.24, 2.45) is 0 Å². The van der Waals surface area contributed by atoms with E-state index in [0.717, 1.165) is 19.4 Å². The SMILES string of the molecule is Cc1c(Br)sc2c(C(C)C)c[nH]c(=O)c12. The van der Waals surface area contributed by atoms with Crippen molar-refractivity contribution in [2.45, 2.75) is 26.7 Å². The van der Waals surface area contributed by atoms with Crippen LogP contribution in [0.15, 0.2) is 14.8 Å². The number of fused-ring (bicyclic) bond motifs is 1. The van der Waals surface area contributed by atoms with E-state index < -0.39 is 0 Å². The van der Waals surface area contributed by atoms with Gasteiger partial charge >= 0.3 is 0 Å². The Kier molecular flexibility index (Phi) is 2.73. The van der Waals surface area contributed by atoms with Crippen molar-refractivity contribution < 1.29 is 0 Å². The number of aromatic nitrogens is 1. The summed E-state index contributed by atoms with van der Waals surface area (Å²) in [6.45, 7) is 6.24. The van der Waals surface area contributed by atoms with Crippen LogP contribution in [0.3, 0.4) is 0 Å². The second-order valence-corrected chi connectivity index (χ2v) is 6.27. The molecule has 0 spiro atoms. The number of rotatable bonds is 1. The third kappa shape index (κ3) is 1.66. The van der Waals surface area contributed by atoms with E-state index in [4.69, 9.17) is 0 Å². The molecule has 0 fully saturated rings. The minimum atomic E-state index is 0.00819. The summed E-state index contributed by atoms with van der Waals surface area (Å²) in [4.78, 5) is 14.5. The van der Waals surface area contributed by atoms with Crippen LogP contribution in [-0.2, 0) is 0 Å². The van der Waals surface area contributed by atoms with Gasteiger partial charge in [-0.05, 0) is 39.9 Å². The molecule has 1 N–H and O–H groups in total. The molecule has 2 heterocycles. The van der Waals surface area contributed by atoms with E-state index in [2.05, 4.69) is 34.8 Å². The highest BCUT2D eigenvalue weighted by atomic mass is 79.9. The molecule has 0 saturated heterocycles. The summed E-state index contributed by atoms with van der Waals surface area (Å²) in [7, 11) is 0. The Morgan fingerprint density at radius 3 is 2.73 bits per heavy atom. The Morgan fingerprint density at radius 2 is 2.13 bits per heavy atom. The van der Waals surface area contributed by atoms with Crippen molar-refractivity contribution in [1.82, 2.24) is 4.98 Å². The molecule has 2 nitrogen and oxygen atoms in total. The molecule has 0 saturated carbocycles. The Balaban J connectivity index is 2.95. The fraction of sp³-hybridized carbons (Fsp3) is 0.364. The van der Waals surface area contributed by atoms with Gasteiger partial charge in [0.15, 0.2) is 0 Å². The molecular formula is C11H12BrNOS. The van der Waals surface area contributed by atoms with Crippen LogP contribution in [0.4, 0.5) is 0 Å². The van der Waals surface area contributed by atoms with Gasteiger partial charge in [-0.25, -0.2) is 0 Å². The van der Waals surface area contributed by atoms with Crippen LogP contribution < -0.4 is 5.56 Å². The number of H-pyrrole nitrogens is 1. The standard InChI is InChI=1S/C11H12BrNOS/c1-5(2)7-4-13-11(14)8-6(3)10(12)15-9(7)8/h4-5H,1-3H3,(H,13,14). The molecule has 2 aromatic rings. The van der Waals surface area contributed by atoms with Gasteiger partial charge in [-0.2, -0.15) is 0 Å². The van der Waals surface area contributed by atoms with Gasteiger partial charge in [0, 0.05) is 10.9 Å². The molecule has 0 atom stereocenters. The molecule has 0 aliphatic heterocycles. The van der Waals surface area contributed by atoms with E-state index in [0.29, 0.717) is 5.92 Å². The van der Waals surface area contributed by atoms with Crippen LogP contribution >= 0.6 is 27.3 Å². The topological polar surface area (TPSA) is 32.9 Å². The summed E-state index contributed by atoms with van der Waals surface area (Å²) in [6, 6.07) is 0. The number of aryl methyl sites for hydroxylation is 1. The molecule has 0 radical (unpaired) electrons.